The SMILES string of the molecule is O=S1(=O)CC(O)C(Oc2ccc(Cl)c(Cl)c2)C1. The van der Waals surface area contributed by atoms with E-state index in [4.69, 9.17) is 27.9 Å². The van der Waals surface area contributed by atoms with Crippen LogP contribution in [0.25, 0.3) is 0 Å². The first-order chi connectivity index (χ1) is 7.87. The third kappa shape index (κ3) is 3.04. The van der Waals surface area contributed by atoms with Crippen LogP contribution in [-0.4, -0.2) is 37.2 Å². The van der Waals surface area contributed by atoms with Crippen LogP contribution >= 0.6 is 23.2 Å². The van der Waals surface area contributed by atoms with Crippen molar-refractivity contribution < 1.29 is 18.3 Å². The number of hydrogen-bond donors (Lipinski definition) is 1. The highest BCUT2D eigenvalue weighted by molar-refractivity contribution is 7.91. The Morgan fingerprint density at radius 3 is 2.47 bits per heavy atom. The summed E-state index contributed by atoms with van der Waals surface area (Å²) in [4.78, 5) is 0. The molecular weight excluding hydrogens is 287 g/mol. The van der Waals surface area contributed by atoms with Crippen molar-refractivity contribution >= 4 is 33.0 Å². The molecule has 17 heavy (non-hydrogen) atoms. The van der Waals surface area contributed by atoms with Crippen LogP contribution in [0, 0.1) is 0 Å². The van der Waals surface area contributed by atoms with Gasteiger partial charge in [-0.3, -0.25) is 0 Å². The van der Waals surface area contributed by atoms with E-state index in [0.717, 1.165) is 0 Å². The summed E-state index contributed by atoms with van der Waals surface area (Å²) < 4.78 is 27.9. The summed E-state index contributed by atoms with van der Waals surface area (Å²) in [6.45, 7) is 0. The van der Waals surface area contributed by atoms with Gasteiger partial charge in [0.1, 0.15) is 18.0 Å². The molecule has 4 nitrogen and oxygen atoms in total. The molecule has 1 N–H and O–H groups in total. The Hall–Kier alpha value is -0.490. The van der Waals surface area contributed by atoms with Gasteiger partial charge in [0.15, 0.2) is 9.84 Å². The summed E-state index contributed by atoms with van der Waals surface area (Å²) in [6.07, 6.45) is -1.76. The minimum Gasteiger partial charge on any atom is -0.487 e. The molecule has 0 radical (unpaired) electrons. The molecule has 1 aromatic carbocycles. The minimum atomic E-state index is -3.22. The monoisotopic (exact) mass is 296 g/mol. The van der Waals surface area contributed by atoms with Crippen molar-refractivity contribution in [2.24, 2.45) is 0 Å². The van der Waals surface area contributed by atoms with Crippen LogP contribution in [0.3, 0.4) is 0 Å². The van der Waals surface area contributed by atoms with Gasteiger partial charge in [0.2, 0.25) is 0 Å². The van der Waals surface area contributed by atoms with Gasteiger partial charge in [-0.05, 0) is 12.1 Å². The Morgan fingerprint density at radius 1 is 1.24 bits per heavy atom. The summed E-state index contributed by atoms with van der Waals surface area (Å²) in [7, 11) is -3.22. The molecule has 0 spiro atoms. The van der Waals surface area contributed by atoms with Gasteiger partial charge in [-0.25, -0.2) is 8.42 Å². The maximum absolute atomic E-state index is 11.3. The molecule has 1 aliphatic heterocycles. The number of hydrogen-bond acceptors (Lipinski definition) is 4. The smallest absolute Gasteiger partial charge is 0.156 e. The maximum atomic E-state index is 11.3. The highest BCUT2D eigenvalue weighted by Crippen LogP contribution is 2.28. The molecule has 2 atom stereocenters. The first kappa shape index (κ1) is 13.0. The average Bonchev–Trinajstić information content (AvgIpc) is 2.46. The third-order valence-electron chi connectivity index (χ3n) is 2.45. The number of aliphatic hydroxyl groups excluding tert-OH is 1. The zero-order chi connectivity index (χ0) is 12.6. The molecule has 0 saturated carbocycles. The lowest BCUT2D eigenvalue weighted by Crippen LogP contribution is -2.29. The van der Waals surface area contributed by atoms with Crippen molar-refractivity contribution in [2.75, 3.05) is 11.5 Å². The average molecular weight is 297 g/mol. The van der Waals surface area contributed by atoms with E-state index in [2.05, 4.69) is 0 Å². The largest absolute Gasteiger partial charge is 0.487 e. The van der Waals surface area contributed by atoms with Crippen molar-refractivity contribution in [1.29, 1.82) is 0 Å². The van der Waals surface area contributed by atoms with Crippen molar-refractivity contribution in [2.45, 2.75) is 12.2 Å². The first-order valence-corrected chi connectivity index (χ1v) is 7.45. The molecule has 2 unspecified atom stereocenters. The van der Waals surface area contributed by atoms with Gasteiger partial charge in [0.05, 0.1) is 21.6 Å². The lowest BCUT2D eigenvalue weighted by Gasteiger charge is -2.15. The second-order valence-electron chi connectivity index (χ2n) is 3.88. The molecule has 7 heteroatoms. The van der Waals surface area contributed by atoms with Crippen molar-refractivity contribution in [3.05, 3.63) is 28.2 Å². The lowest BCUT2D eigenvalue weighted by molar-refractivity contribution is 0.0738. The fourth-order valence-corrected chi connectivity index (χ4v) is 3.58. The van der Waals surface area contributed by atoms with Gasteiger partial charge in [-0.2, -0.15) is 0 Å². The van der Waals surface area contributed by atoms with E-state index in [-0.39, 0.29) is 11.5 Å². The van der Waals surface area contributed by atoms with Gasteiger partial charge < -0.3 is 9.84 Å². The van der Waals surface area contributed by atoms with E-state index in [0.29, 0.717) is 15.8 Å². The fourth-order valence-electron chi connectivity index (χ4n) is 1.63. The molecule has 1 fully saturated rings. The molecule has 1 aromatic rings. The molecular formula is C10H10Cl2O4S. The predicted octanol–water partition coefficient (Wildman–Crippen LogP) is 1.53. The number of halogens is 2. The summed E-state index contributed by atoms with van der Waals surface area (Å²) >= 11 is 11.5. The number of rotatable bonds is 2. The van der Waals surface area contributed by atoms with E-state index < -0.39 is 22.0 Å². The summed E-state index contributed by atoms with van der Waals surface area (Å²) in [5, 5.41) is 10.3. The van der Waals surface area contributed by atoms with E-state index in [9.17, 15) is 13.5 Å². The Morgan fingerprint density at radius 2 is 1.94 bits per heavy atom. The summed E-state index contributed by atoms with van der Waals surface area (Å²) in [5.41, 5.74) is 0. The van der Waals surface area contributed by atoms with Crippen molar-refractivity contribution in [3.63, 3.8) is 0 Å². The van der Waals surface area contributed by atoms with Crippen LogP contribution in [-0.2, 0) is 9.84 Å². The Bertz CT molecular complexity index is 529. The zero-order valence-corrected chi connectivity index (χ0v) is 11.0. The van der Waals surface area contributed by atoms with Crippen molar-refractivity contribution in [1.82, 2.24) is 0 Å². The van der Waals surface area contributed by atoms with E-state index in [1.54, 1.807) is 12.1 Å². The first-order valence-electron chi connectivity index (χ1n) is 4.87. The van der Waals surface area contributed by atoms with Crippen LogP contribution in [0.1, 0.15) is 0 Å². The van der Waals surface area contributed by atoms with Gasteiger partial charge in [-0.1, -0.05) is 23.2 Å². The second kappa shape index (κ2) is 4.65. The molecule has 0 aliphatic carbocycles. The van der Waals surface area contributed by atoms with E-state index in [1.165, 1.54) is 6.07 Å². The molecule has 0 amide bonds. The summed E-state index contributed by atoms with van der Waals surface area (Å²) in [5.74, 6) is -0.0616. The molecule has 2 rings (SSSR count). The molecule has 0 bridgehead atoms. The third-order valence-corrected chi connectivity index (χ3v) is 4.88. The van der Waals surface area contributed by atoms with E-state index in [1.807, 2.05) is 0 Å². The molecule has 94 valence electrons. The normalized spacial score (nSPS) is 27.0. The second-order valence-corrected chi connectivity index (χ2v) is 6.84. The minimum absolute atomic E-state index is 0.186. The van der Waals surface area contributed by atoms with Crippen LogP contribution < -0.4 is 4.74 Å². The Balaban J connectivity index is 2.14. The summed E-state index contributed by atoms with van der Waals surface area (Å²) in [6, 6.07) is 4.61. The number of aliphatic hydroxyl groups is 1. The van der Waals surface area contributed by atoms with Gasteiger partial charge in [0, 0.05) is 6.07 Å². The maximum Gasteiger partial charge on any atom is 0.156 e. The van der Waals surface area contributed by atoms with Crippen LogP contribution in [0.2, 0.25) is 10.0 Å². The van der Waals surface area contributed by atoms with Crippen LogP contribution in [0.5, 0.6) is 5.75 Å². The van der Waals surface area contributed by atoms with Crippen LogP contribution in [0.4, 0.5) is 0 Å². The molecule has 0 aromatic heterocycles. The standard InChI is InChI=1S/C10H10Cl2O4S/c11-7-2-1-6(3-8(7)12)16-10-5-17(14,15)4-9(10)13/h1-3,9-10,13H,4-5H2. The Kier molecular flexibility index (Phi) is 3.54. The highest BCUT2D eigenvalue weighted by Gasteiger charge is 2.38. The molecule has 1 aliphatic rings. The lowest BCUT2D eigenvalue weighted by atomic mass is 10.2. The predicted molar refractivity (Wildman–Crippen MR) is 65.5 cm³/mol. The molecule has 1 saturated heterocycles. The quantitative estimate of drug-likeness (QED) is 0.899. The molecule has 1 heterocycles. The number of sulfone groups is 1. The van der Waals surface area contributed by atoms with Gasteiger partial charge >= 0.3 is 0 Å². The van der Waals surface area contributed by atoms with Gasteiger partial charge in [0.25, 0.3) is 0 Å². The van der Waals surface area contributed by atoms with E-state index >= 15 is 0 Å². The van der Waals surface area contributed by atoms with Crippen LogP contribution in [0.15, 0.2) is 18.2 Å². The highest BCUT2D eigenvalue weighted by atomic mass is 35.5. The van der Waals surface area contributed by atoms with Crippen molar-refractivity contribution in [3.8, 4) is 5.75 Å². The number of benzene rings is 1. The Labute approximate surface area is 109 Å². The van der Waals surface area contributed by atoms with Gasteiger partial charge in [-0.15, -0.1) is 0 Å². The fraction of sp³-hybridized carbons (Fsp3) is 0.400. The zero-order valence-electron chi connectivity index (χ0n) is 8.64. The number of ether oxygens (including phenoxy) is 1. The topological polar surface area (TPSA) is 63.6 Å².